The van der Waals surface area contributed by atoms with Gasteiger partial charge in [-0.25, -0.2) is 0 Å². The summed E-state index contributed by atoms with van der Waals surface area (Å²) in [6.45, 7) is 4.21. The molecule has 0 aliphatic carbocycles. The third-order valence-corrected chi connectivity index (χ3v) is 1.29. The van der Waals surface area contributed by atoms with Crippen LogP contribution in [0.2, 0.25) is 0 Å². The summed E-state index contributed by atoms with van der Waals surface area (Å²) < 4.78 is 0. The van der Waals surface area contributed by atoms with E-state index in [4.69, 9.17) is 11.5 Å². The van der Waals surface area contributed by atoms with Gasteiger partial charge in [-0.2, -0.15) is 0 Å². The molecule has 0 saturated heterocycles. The van der Waals surface area contributed by atoms with Gasteiger partial charge in [0.2, 0.25) is 0 Å². The molecule has 54 valence electrons. The minimum atomic E-state index is 0.185. The zero-order chi connectivity index (χ0) is 7.11. The summed E-state index contributed by atoms with van der Waals surface area (Å²) in [5, 5.41) is 0. The quantitative estimate of drug-likeness (QED) is 0.421. The molecular formula is C7H16N2. The summed E-state index contributed by atoms with van der Waals surface area (Å²) in [4.78, 5) is 0. The van der Waals surface area contributed by atoms with Crippen molar-refractivity contribution in [2.24, 2.45) is 11.5 Å². The second kappa shape index (κ2) is 5.79. The molecule has 0 aromatic heterocycles. The molecule has 4 N–H and O–H groups in total. The van der Waals surface area contributed by atoms with E-state index in [1.807, 2.05) is 6.08 Å². The van der Waals surface area contributed by atoms with Crippen molar-refractivity contribution in [3.05, 3.63) is 12.7 Å². The van der Waals surface area contributed by atoms with Crippen LogP contribution in [0.15, 0.2) is 12.7 Å². The molecule has 0 radical (unpaired) electrons. The van der Waals surface area contributed by atoms with Crippen LogP contribution in [-0.2, 0) is 0 Å². The lowest BCUT2D eigenvalue weighted by Crippen LogP contribution is -2.29. The molecule has 0 aliphatic heterocycles. The highest BCUT2D eigenvalue weighted by atomic mass is 14.7. The van der Waals surface area contributed by atoms with Gasteiger partial charge in [-0.1, -0.05) is 6.08 Å². The van der Waals surface area contributed by atoms with Gasteiger partial charge in [-0.3, -0.25) is 0 Å². The van der Waals surface area contributed by atoms with E-state index in [1.165, 1.54) is 0 Å². The van der Waals surface area contributed by atoms with Gasteiger partial charge in [0.25, 0.3) is 0 Å². The van der Waals surface area contributed by atoms with E-state index in [0.717, 1.165) is 19.3 Å². The molecule has 9 heavy (non-hydrogen) atoms. The zero-order valence-electron chi connectivity index (χ0n) is 5.84. The van der Waals surface area contributed by atoms with Crippen LogP contribution in [0.25, 0.3) is 0 Å². The molecular weight excluding hydrogens is 112 g/mol. The first-order chi connectivity index (χ1) is 4.31. The minimum Gasteiger partial charge on any atom is -0.329 e. The van der Waals surface area contributed by atoms with Crippen molar-refractivity contribution in [2.45, 2.75) is 25.3 Å². The molecule has 0 aliphatic rings. The maximum Gasteiger partial charge on any atom is 0.0163 e. The van der Waals surface area contributed by atoms with Gasteiger partial charge in [0.15, 0.2) is 0 Å². The fourth-order valence-electron chi connectivity index (χ4n) is 0.642. The second-order valence-electron chi connectivity index (χ2n) is 2.22. The lowest BCUT2D eigenvalue weighted by atomic mass is 10.1. The Hall–Kier alpha value is -0.340. The van der Waals surface area contributed by atoms with Crippen molar-refractivity contribution in [1.29, 1.82) is 0 Å². The fourth-order valence-corrected chi connectivity index (χ4v) is 0.642. The van der Waals surface area contributed by atoms with Crippen LogP contribution in [0.5, 0.6) is 0 Å². The molecule has 2 nitrogen and oxygen atoms in total. The van der Waals surface area contributed by atoms with Gasteiger partial charge in [-0.05, 0) is 19.3 Å². The Morgan fingerprint density at radius 1 is 1.56 bits per heavy atom. The van der Waals surface area contributed by atoms with Crippen molar-refractivity contribution < 1.29 is 0 Å². The average molecular weight is 128 g/mol. The lowest BCUT2D eigenvalue weighted by molar-refractivity contribution is 0.595. The van der Waals surface area contributed by atoms with Crippen LogP contribution in [0, 0.1) is 0 Å². The number of unbranched alkanes of at least 4 members (excludes halogenated alkanes) is 1. The minimum absolute atomic E-state index is 0.185. The third-order valence-electron chi connectivity index (χ3n) is 1.29. The Morgan fingerprint density at radius 3 is 2.67 bits per heavy atom. The number of hydrogen-bond acceptors (Lipinski definition) is 2. The molecule has 0 rings (SSSR count). The normalized spacial score (nSPS) is 13.1. The van der Waals surface area contributed by atoms with Crippen LogP contribution in [0.3, 0.4) is 0 Å². The van der Waals surface area contributed by atoms with Crippen molar-refractivity contribution in [3.63, 3.8) is 0 Å². The molecule has 0 bridgehead atoms. The summed E-state index contributed by atoms with van der Waals surface area (Å²) in [5.74, 6) is 0. The first-order valence-corrected chi connectivity index (χ1v) is 3.37. The predicted molar refractivity (Wildman–Crippen MR) is 41.1 cm³/mol. The van der Waals surface area contributed by atoms with E-state index >= 15 is 0 Å². The van der Waals surface area contributed by atoms with Crippen LogP contribution in [0.4, 0.5) is 0 Å². The van der Waals surface area contributed by atoms with E-state index in [2.05, 4.69) is 6.58 Å². The predicted octanol–water partition coefficient (Wildman–Crippen LogP) is 0.629. The second-order valence-corrected chi connectivity index (χ2v) is 2.22. The Kier molecular flexibility index (Phi) is 5.57. The smallest absolute Gasteiger partial charge is 0.0163 e. The van der Waals surface area contributed by atoms with E-state index in [1.54, 1.807) is 0 Å². The number of allylic oxidation sites excluding steroid dienone is 1. The van der Waals surface area contributed by atoms with Gasteiger partial charge in [-0.15, -0.1) is 6.58 Å². The molecule has 0 amide bonds. The van der Waals surface area contributed by atoms with Crippen molar-refractivity contribution >= 4 is 0 Å². The molecule has 0 aromatic carbocycles. The maximum atomic E-state index is 5.55. The highest BCUT2D eigenvalue weighted by Gasteiger charge is 1.95. The van der Waals surface area contributed by atoms with Crippen molar-refractivity contribution in [3.8, 4) is 0 Å². The Morgan fingerprint density at radius 2 is 2.22 bits per heavy atom. The molecule has 0 fully saturated rings. The van der Waals surface area contributed by atoms with Crippen LogP contribution < -0.4 is 11.5 Å². The molecule has 0 saturated carbocycles. The maximum absolute atomic E-state index is 5.55. The number of nitrogens with two attached hydrogens (primary N) is 2. The zero-order valence-corrected chi connectivity index (χ0v) is 5.84. The van der Waals surface area contributed by atoms with Crippen LogP contribution in [0.1, 0.15) is 19.3 Å². The standard InChI is InChI=1S/C7H16N2/c1-2-3-4-5-7(9)6-8/h2,7H,1,3-6,8-9H2. The lowest BCUT2D eigenvalue weighted by Gasteiger charge is -2.05. The monoisotopic (exact) mass is 128 g/mol. The number of rotatable bonds is 5. The molecule has 1 atom stereocenters. The Balaban J connectivity index is 2.96. The summed E-state index contributed by atoms with van der Waals surface area (Å²) in [6, 6.07) is 0.185. The van der Waals surface area contributed by atoms with E-state index in [9.17, 15) is 0 Å². The molecule has 0 aromatic rings. The van der Waals surface area contributed by atoms with Crippen LogP contribution >= 0.6 is 0 Å². The average Bonchev–Trinajstić information content (AvgIpc) is 1.89. The SMILES string of the molecule is C=CCCCC(N)CN. The van der Waals surface area contributed by atoms with E-state index in [0.29, 0.717) is 6.54 Å². The molecule has 0 spiro atoms. The largest absolute Gasteiger partial charge is 0.329 e. The van der Waals surface area contributed by atoms with E-state index in [-0.39, 0.29) is 6.04 Å². The Labute approximate surface area is 56.9 Å². The van der Waals surface area contributed by atoms with Gasteiger partial charge in [0, 0.05) is 12.6 Å². The van der Waals surface area contributed by atoms with E-state index < -0.39 is 0 Å². The van der Waals surface area contributed by atoms with Gasteiger partial charge in [0.05, 0.1) is 0 Å². The van der Waals surface area contributed by atoms with Crippen LogP contribution in [-0.4, -0.2) is 12.6 Å². The highest BCUT2D eigenvalue weighted by molar-refractivity contribution is 4.69. The van der Waals surface area contributed by atoms with Crippen molar-refractivity contribution in [2.75, 3.05) is 6.54 Å². The summed E-state index contributed by atoms with van der Waals surface area (Å²) in [6.07, 6.45) is 5.08. The first-order valence-electron chi connectivity index (χ1n) is 3.37. The summed E-state index contributed by atoms with van der Waals surface area (Å²) in [5.41, 5.74) is 10.9. The topological polar surface area (TPSA) is 52.0 Å². The molecule has 1 unspecified atom stereocenters. The highest BCUT2D eigenvalue weighted by Crippen LogP contribution is 1.97. The fraction of sp³-hybridized carbons (Fsp3) is 0.714. The molecule has 2 heteroatoms. The van der Waals surface area contributed by atoms with Gasteiger partial charge >= 0.3 is 0 Å². The first kappa shape index (κ1) is 8.66. The summed E-state index contributed by atoms with van der Waals surface area (Å²) >= 11 is 0. The van der Waals surface area contributed by atoms with Gasteiger partial charge in [0.1, 0.15) is 0 Å². The number of hydrogen-bond donors (Lipinski definition) is 2. The molecule has 0 heterocycles. The van der Waals surface area contributed by atoms with Crippen molar-refractivity contribution in [1.82, 2.24) is 0 Å². The Bertz CT molecular complexity index is 71.3. The third kappa shape index (κ3) is 5.53. The summed E-state index contributed by atoms with van der Waals surface area (Å²) in [7, 11) is 0. The van der Waals surface area contributed by atoms with Gasteiger partial charge < -0.3 is 11.5 Å².